The van der Waals surface area contributed by atoms with Gasteiger partial charge in [-0.15, -0.1) is 0 Å². The molecule has 0 radical (unpaired) electrons. The summed E-state index contributed by atoms with van der Waals surface area (Å²) in [6.45, 7) is 0. The predicted octanol–water partition coefficient (Wildman–Crippen LogP) is 2.00. The third kappa shape index (κ3) is 1.67. The van der Waals surface area contributed by atoms with E-state index in [4.69, 9.17) is 5.73 Å². The first-order valence-corrected chi connectivity index (χ1v) is 6.01. The van der Waals surface area contributed by atoms with Crippen LogP contribution < -0.4 is 5.73 Å². The maximum Gasteiger partial charge on any atom is 0.0300 e. The molecule has 0 saturated heterocycles. The van der Waals surface area contributed by atoms with Crippen LogP contribution in [-0.2, 0) is 6.42 Å². The highest BCUT2D eigenvalue weighted by Crippen LogP contribution is 2.58. The van der Waals surface area contributed by atoms with E-state index < -0.39 is 0 Å². The first-order valence-electron chi connectivity index (χ1n) is 6.01. The Morgan fingerprint density at radius 3 is 2.87 bits per heavy atom. The van der Waals surface area contributed by atoms with Crippen molar-refractivity contribution in [2.45, 2.75) is 31.7 Å². The number of fused-ring (bicyclic) bond motifs is 1. The second-order valence-electron chi connectivity index (χ2n) is 5.07. The van der Waals surface area contributed by atoms with E-state index in [9.17, 15) is 0 Å². The van der Waals surface area contributed by atoms with Gasteiger partial charge in [0, 0.05) is 18.4 Å². The maximum atomic E-state index is 6.27. The molecule has 2 saturated carbocycles. The van der Waals surface area contributed by atoms with E-state index in [0.717, 1.165) is 24.2 Å². The predicted molar refractivity (Wildman–Crippen MR) is 60.2 cm³/mol. The lowest BCUT2D eigenvalue weighted by molar-refractivity contribution is 0.484. The highest BCUT2D eigenvalue weighted by atomic mass is 14.7. The molecule has 0 amide bonds. The van der Waals surface area contributed by atoms with Gasteiger partial charge in [0.2, 0.25) is 0 Å². The van der Waals surface area contributed by atoms with Crippen LogP contribution in [0.25, 0.3) is 0 Å². The van der Waals surface area contributed by atoms with Crippen LogP contribution in [0.4, 0.5) is 0 Å². The normalized spacial score (nSPS) is 34.9. The lowest BCUT2D eigenvalue weighted by Gasteiger charge is -2.13. The molecule has 2 heteroatoms. The minimum atomic E-state index is 0.365. The van der Waals surface area contributed by atoms with Crippen LogP contribution in [0.5, 0.6) is 0 Å². The van der Waals surface area contributed by atoms with Crippen LogP contribution >= 0.6 is 0 Å². The third-order valence-corrected chi connectivity index (χ3v) is 4.16. The quantitative estimate of drug-likeness (QED) is 0.814. The second kappa shape index (κ2) is 3.60. The maximum absolute atomic E-state index is 6.27. The first kappa shape index (κ1) is 9.34. The summed E-state index contributed by atoms with van der Waals surface area (Å²) >= 11 is 0. The van der Waals surface area contributed by atoms with E-state index >= 15 is 0 Å². The molecule has 3 atom stereocenters. The van der Waals surface area contributed by atoms with Gasteiger partial charge in [-0.05, 0) is 48.6 Å². The molecule has 80 valence electrons. The zero-order valence-electron chi connectivity index (χ0n) is 8.97. The molecule has 1 heterocycles. The van der Waals surface area contributed by atoms with Gasteiger partial charge in [0.1, 0.15) is 0 Å². The van der Waals surface area contributed by atoms with Gasteiger partial charge < -0.3 is 5.73 Å². The summed E-state index contributed by atoms with van der Waals surface area (Å²) in [5.74, 6) is 2.76. The van der Waals surface area contributed by atoms with E-state index in [-0.39, 0.29) is 0 Å². The Labute approximate surface area is 90.9 Å². The number of nitrogens with two attached hydrogens (primary N) is 1. The molecule has 1 aromatic heterocycles. The van der Waals surface area contributed by atoms with Crippen molar-refractivity contribution < 1.29 is 0 Å². The molecule has 3 unspecified atom stereocenters. The van der Waals surface area contributed by atoms with Gasteiger partial charge in [0.05, 0.1) is 0 Å². The van der Waals surface area contributed by atoms with Crippen molar-refractivity contribution in [3.63, 3.8) is 0 Å². The van der Waals surface area contributed by atoms with E-state index in [1.54, 1.807) is 0 Å². The van der Waals surface area contributed by atoms with Gasteiger partial charge in [0.25, 0.3) is 0 Å². The van der Waals surface area contributed by atoms with Crippen molar-refractivity contribution in [2.24, 2.45) is 23.5 Å². The summed E-state index contributed by atoms with van der Waals surface area (Å²) < 4.78 is 0. The van der Waals surface area contributed by atoms with E-state index in [1.807, 2.05) is 18.5 Å². The Hall–Kier alpha value is -0.890. The van der Waals surface area contributed by atoms with Crippen molar-refractivity contribution in [3.05, 3.63) is 30.1 Å². The molecule has 2 aliphatic rings. The zero-order valence-corrected chi connectivity index (χ0v) is 8.97. The third-order valence-electron chi connectivity index (χ3n) is 4.16. The fourth-order valence-corrected chi connectivity index (χ4v) is 3.44. The number of hydrogen-bond donors (Lipinski definition) is 1. The van der Waals surface area contributed by atoms with Crippen molar-refractivity contribution in [2.75, 3.05) is 0 Å². The Kier molecular flexibility index (Phi) is 2.24. The van der Waals surface area contributed by atoms with Crippen LogP contribution in [-0.4, -0.2) is 11.0 Å². The van der Waals surface area contributed by atoms with Gasteiger partial charge in [-0.2, -0.15) is 0 Å². The summed E-state index contributed by atoms with van der Waals surface area (Å²) in [7, 11) is 0. The number of nitrogens with zero attached hydrogens (tertiary/aromatic N) is 1. The molecular weight excluding hydrogens is 184 g/mol. The summed E-state index contributed by atoms with van der Waals surface area (Å²) in [6.07, 6.45) is 9.06. The average molecular weight is 202 g/mol. The topological polar surface area (TPSA) is 38.9 Å². The number of pyridine rings is 1. The van der Waals surface area contributed by atoms with Crippen LogP contribution in [0.3, 0.4) is 0 Å². The Bertz CT molecular complexity index is 326. The van der Waals surface area contributed by atoms with Gasteiger partial charge in [-0.1, -0.05) is 12.5 Å². The molecule has 0 bridgehead atoms. The number of rotatable bonds is 3. The molecule has 1 aromatic rings. The fraction of sp³-hybridized carbons (Fsp3) is 0.615. The molecule has 2 N–H and O–H groups in total. The first-order chi connectivity index (χ1) is 7.36. The molecule has 3 rings (SSSR count). The van der Waals surface area contributed by atoms with E-state index in [1.165, 1.54) is 24.8 Å². The van der Waals surface area contributed by atoms with Crippen LogP contribution in [0.15, 0.2) is 24.5 Å². The fourth-order valence-electron chi connectivity index (χ4n) is 3.44. The standard InChI is InChI=1S/C13H18N2/c14-12(7-9-3-2-6-15-8-9)13-10-4-1-5-11(10)13/h2-3,6,8,10-13H,1,4-5,7,14H2. The summed E-state index contributed by atoms with van der Waals surface area (Å²) in [5, 5.41) is 0. The number of aromatic nitrogens is 1. The van der Waals surface area contributed by atoms with E-state index in [0.29, 0.717) is 6.04 Å². The second-order valence-corrected chi connectivity index (χ2v) is 5.07. The molecule has 0 aliphatic heterocycles. The minimum absolute atomic E-state index is 0.365. The lowest BCUT2D eigenvalue weighted by Crippen LogP contribution is -2.27. The monoisotopic (exact) mass is 202 g/mol. The zero-order chi connectivity index (χ0) is 10.3. The SMILES string of the molecule is NC(Cc1cccnc1)C1C2CCCC21. The molecular formula is C13H18N2. The summed E-state index contributed by atoms with van der Waals surface area (Å²) in [4.78, 5) is 4.13. The Morgan fingerprint density at radius 1 is 1.40 bits per heavy atom. The van der Waals surface area contributed by atoms with Crippen molar-refractivity contribution >= 4 is 0 Å². The van der Waals surface area contributed by atoms with Crippen molar-refractivity contribution in [3.8, 4) is 0 Å². The molecule has 15 heavy (non-hydrogen) atoms. The lowest BCUT2D eigenvalue weighted by atomic mass is 9.99. The summed E-state index contributed by atoms with van der Waals surface area (Å²) in [5.41, 5.74) is 7.56. The van der Waals surface area contributed by atoms with Gasteiger partial charge >= 0.3 is 0 Å². The van der Waals surface area contributed by atoms with Gasteiger partial charge in [0.15, 0.2) is 0 Å². The molecule has 2 aliphatic carbocycles. The number of hydrogen-bond acceptors (Lipinski definition) is 2. The van der Waals surface area contributed by atoms with Crippen LogP contribution in [0.2, 0.25) is 0 Å². The molecule has 0 aromatic carbocycles. The van der Waals surface area contributed by atoms with Crippen LogP contribution in [0, 0.1) is 17.8 Å². The van der Waals surface area contributed by atoms with Gasteiger partial charge in [-0.25, -0.2) is 0 Å². The highest BCUT2D eigenvalue weighted by Gasteiger charge is 2.54. The minimum Gasteiger partial charge on any atom is -0.327 e. The highest BCUT2D eigenvalue weighted by molar-refractivity contribution is 5.14. The van der Waals surface area contributed by atoms with Crippen molar-refractivity contribution in [1.82, 2.24) is 4.98 Å². The smallest absolute Gasteiger partial charge is 0.0300 e. The Balaban J connectivity index is 1.60. The Morgan fingerprint density at radius 2 is 2.20 bits per heavy atom. The average Bonchev–Trinajstić information content (AvgIpc) is 2.75. The van der Waals surface area contributed by atoms with Crippen molar-refractivity contribution in [1.29, 1.82) is 0 Å². The molecule has 0 spiro atoms. The molecule has 2 fully saturated rings. The van der Waals surface area contributed by atoms with E-state index in [2.05, 4.69) is 11.1 Å². The summed E-state index contributed by atoms with van der Waals surface area (Å²) in [6, 6.07) is 4.49. The van der Waals surface area contributed by atoms with Crippen LogP contribution in [0.1, 0.15) is 24.8 Å². The largest absolute Gasteiger partial charge is 0.327 e. The molecule has 2 nitrogen and oxygen atoms in total. The van der Waals surface area contributed by atoms with Gasteiger partial charge in [-0.3, -0.25) is 4.98 Å².